The standard InChI is InChI=1S/C15H19F2N3/c1-3-7-18-15(11-9-19-20(4-2)10-11)13-6-5-12(16)8-14(13)17/h5-6,8-10,15,18H,3-4,7H2,1-2H3. The van der Waals surface area contributed by atoms with Crippen LogP contribution in [0.2, 0.25) is 0 Å². The monoisotopic (exact) mass is 279 g/mol. The number of nitrogens with zero attached hydrogens (tertiary/aromatic N) is 2. The number of rotatable bonds is 6. The minimum Gasteiger partial charge on any atom is -0.306 e. The molecule has 0 fully saturated rings. The van der Waals surface area contributed by atoms with Gasteiger partial charge < -0.3 is 5.32 Å². The highest BCUT2D eigenvalue weighted by Crippen LogP contribution is 2.24. The maximum atomic E-state index is 14.0. The summed E-state index contributed by atoms with van der Waals surface area (Å²) in [5.41, 5.74) is 1.32. The van der Waals surface area contributed by atoms with Gasteiger partial charge in [-0.3, -0.25) is 4.68 Å². The molecule has 1 unspecified atom stereocenters. The second kappa shape index (κ2) is 6.61. The van der Waals surface area contributed by atoms with Crippen molar-refractivity contribution < 1.29 is 8.78 Å². The van der Waals surface area contributed by atoms with Crippen LogP contribution in [0.4, 0.5) is 8.78 Å². The number of aryl methyl sites for hydroxylation is 1. The molecule has 1 heterocycles. The summed E-state index contributed by atoms with van der Waals surface area (Å²) in [6.07, 6.45) is 4.54. The summed E-state index contributed by atoms with van der Waals surface area (Å²) in [6.45, 7) is 5.54. The molecule has 5 heteroatoms. The fourth-order valence-corrected chi connectivity index (χ4v) is 2.13. The molecular weight excluding hydrogens is 260 g/mol. The van der Waals surface area contributed by atoms with Gasteiger partial charge in [0.05, 0.1) is 12.2 Å². The van der Waals surface area contributed by atoms with Crippen molar-refractivity contribution in [3.05, 3.63) is 53.4 Å². The van der Waals surface area contributed by atoms with E-state index in [1.165, 1.54) is 12.1 Å². The lowest BCUT2D eigenvalue weighted by Gasteiger charge is -2.18. The van der Waals surface area contributed by atoms with Crippen molar-refractivity contribution in [2.45, 2.75) is 32.9 Å². The zero-order valence-corrected chi connectivity index (χ0v) is 11.7. The van der Waals surface area contributed by atoms with Gasteiger partial charge in [0.1, 0.15) is 11.6 Å². The molecule has 1 aromatic heterocycles. The van der Waals surface area contributed by atoms with Crippen LogP contribution in [0, 0.1) is 11.6 Å². The molecule has 20 heavy (non-hydrogen) atoms. The van der Waals surface area contributed by atoms with Gasteiger partial charge in [-0.15, -0.1) is 0 Å². The predicted octanol–water partition coefficient (Wildman–Crippen LogP) is 3.27. The Labute approximate surface area is 117 Å². The Morgan fingerprint density at radius 3 is 2.70 bits per heavy atom. The van der Waals surface area contributed by atoms with E-state index >= 15 is 0 Å². The molecule has 1 N–H and O–H groups in total. The van der Waals surface area contributed by atoms with Crippen molar-refractivity contribution >= 4 is 0 Å². The summed E-state index contributed by atoms with van der Waals surface area (Å²) in [4.78, 5) is 0. The molecule has 3 nitrogen and oxygen atoms in total. The molecule has 0 radical (unpaired) electrons. The van der Waals surface area contributed by atoms with Gasteiger partial charge in [-0.25, -0.2) is 8.78 Å². The lowest BCUT2D eigenvalue weighted by Crippen LogP contribution is -2.24. The first-order valence-corrected chi connectivity index (χ1v) is 6.86. The summed E-state index contributed by atoms with van der Waals surface area (Å²) >= 11 is 0. The SMILES string of the molecule is CCCNC(c1cnn(CC)c1)c1ccc(F)cc1F. The van der Waals surface area contributed by atoms with Gasteiger partial charge in [-0.05, 0) is 26.0 Å². The van der Waals surface area contributed by atoms with Gasteiger partial charge in [0.2, 0.25) is 0 Å². The van der Waals surface area contributed by atoms with E-state index in [1.54, 1.807) is 10.9 Å². The molecule has 1 aromatic carbocycles. The maximum absolute atomic E-state index is 14.0. The molecular formula is C15H19F2N3. The van der Waals surface area contributed by atoms with Gasteiger partial charge in [0.15, 0.2) is 0 Å². The number of benzene rings is 1. The molecule has 1 atom stereocenters. The topological polar surface area (TPSA) is 29.9 Å². The summed E-state index contributed by atoms with van der Waals surface area (Å²) in [7, 11) is 0. The maximum Gasteiger partial charge on any atom is 0.131 e. The average molecular weight is 279 g/mol. The first-order chi connectivity index (χ1) is 9.65. The van der Waals surface area contributed by atoms with Crippen molar-refractivity contribution in [1.29, 1.82) is 0 Å². The van der Waals surface area contributed by atoms with Gasteiger partial charge >= 0.3 is 0 Å². The second-order valence-electron chi connectivity index (χ2n) is 4.68. The van der Waals surface area contributed by atoms with Crippen molar-refractivity contribution in [1.82, 2.24) is 15.1 Å². The Morgan fingerprint density at radius 1 is 1.30 bits per heavy atom. The lowest BCUT2D eigenvalue weighted by atomic mass is 10.0. The highest BCUT2D eigenvalue weighted by molar-refractivity contribution is 5.30. The third-order valence-electron chi connectivity index (χ3n) is 3.18. The van der Waals surface area contributed by atoms with E-state index in [0.717, 1.165) is 31.1 Å². The van der Waals surface area contributed by atoms with Crippen molar-refractivity contribution in [2.24, 2.45) is 0 Å². The Balaban J connectivity index is 2.35. The number of hydrogen-bond donors (Lipinski definition) is 1. The molecule has 108 valence electrons. The van der Waals surface area contributed by atoms with Crippen LogP contribution in [0.15, 0.2) is 30.6 Å². The summed E-state index contributed by atoms with van der Waals surface area (Å²) < 4.78 is 28.8. The Bertz CT molecular complexity index is 566. The van der Waals surface area contributed by atoms with Crippen LogP contribution in [0.25, 0.3) is 0 Å². The third kappa shape index (κ3) is 3.22. The van der Waals surface area contributed by atoms with Crippen LogP contribution in [-0.2, 0) is 6.54 Å². The molecule has 0 saturated carbocycles. The van der Waals surface area contributed by atoms with E-state index in [0.29, 0.717) is 5.56 Å². The van der Waals surface area contributed by atoms with Gasteiger partial charge in [0.25, 0.3) is 0 Å². The Kier molecular flexibility index (Phi) is 4.84. The Morgan fingerprint density at radius 2 is 2.10 bits per heavy atom. The minimum atomic E-state index is -0.565. The highest BCUT2D eigenvalue weighted by atomic mass is 19.1. The van der Waals surface area contributed by atoms with Crippen molar-refractivity contribution in [3.8, 4) is 0 Å². The number of nitrogens with one attached hydrogen (secondary N) is 1. The van der Waals surface area contributed by atoms with E-state index in [-0.39, 0.29) is 6.04 Å². The van der Waals surface area contributed by atoms with Crippen LogP contribution in [0.3, 0.4) is 0 Å². The van der Waals surface area contributed by atoms with E-state index in [4.69, 9.17) is 0 Å². The molecule has 0 amide bonds. The van der Waals surface area contributed by atoms with Crippen molar-refractivity contribution in [3.63, 3.8) is 0 Å². The first kappa shape index (κ1) is 14.7. The zero-order valence-electron chi connectivity index (χ0n) is 11.7. The van der Waals surface area contributed by atoms with Crippen LogP contribution >= 0.6 is 0 Å². The average Bonchev–Trinajstić information content (AvgIpc) is 2.90. The van der Waals surface area contributed by atoms with E-state index in [1.807, 2.05) is 20.0 Å². The first-order valence-electron chi connectivity index (χ1n) is 6.86. The van der Waals surface area contributed by atoms with Gasteiger partial charge in [0, 0.05) is 29.9 Å². The fraction of sp³-hybridized carbons (Fsp3) is 0.400. The van der Waals surface area contributed by atoms with Crippen LogP contribution < -0.4 is 5.32 Å². The molecule has 0 bridgehead atoms. The largest absolute Gasteiger partial charge is 0.306 e. The summed E-state index contributed by atoms with van der Waals surface area (Å²) in [5.74, 6) is -1.10. The van der Waals surface area contributed by atoms with Crippen molar-refractivity contribution in [2.75, 3.05) is 6.54 Å². The van der Waals surface area contributed by atoms with Gasteiger partial charge in [-0.1, -0.05) is 13.0 Å². The second-order valence-corrected chi connectivity index (χ2v) is 4.68. The number of hydrogen-bond acceptors (Lipinski definition) is 2. The molecule has 0 aliphatic rings. The summed E-state index contributed by atoms with van der Waals surface area (Å²) in [5, 5.41) is 7.50. The molecule has 2 rings (SSSR count). The fourth-order valence-electron chi connectivity index (χ4n) is 2.13. The van der Waals surface area contributed by atoms with E-state index < -0.39 is 11.6 Å². The quantitative estimate of drug-likeness (QED) is 0.879. The molecule has 0 aliphatic carbocycles. The molecule has 0 spiro atoms. The zero-order chi connectivity index (χ0) is 14.5. The third-order valence-corrected chi connectivity index (χ3v) is 3.18. The Hall–Kier alpha value is -1.75. The highest BCUT2D eigenvalue weighted by Gasteiger charge is 2.19. The normalized spacial score (nSPS) is 12.6. The molecule has 2 aromatic rings. The van der Waals surface area contributed by atoms with Gasteiger partial charge in [-0.2, -0.15) is 5.10 Å². The summed E-state index contributed by atoms with van der Waals surface area (Å²) in [6, 6.07) is 3.38. The van der Waals surface area contributed by atoms with E-state index in [9.17, 15) is 8.78 Å². The molecule has 0 aliphatic heterocycles. The van der Waals surface area contributed by atoms with Crippen LogP contribution in [0.5, 0.6) is 0 Å². The smallest absolute Gasteiger partial charge is 0.131 e. The number of aromatic nitrogens is 2. The minimum absolute atomic E-state index is 0.309. The van der Waals surface area contributed by atoms with Crippen LogP contribution in [-0.4, -0.2) is 16.3 Å². The number of halogens is 2. The molecule has 0 saturated heterocycles. The van der Waals surface area contributed by atoms with E-state index in [2.05, 4.69) is 10.4 Å². The lowest BCUT2D eigenvalue weighted by molar-refractivity contribution is 0.532. The van der Waals surface area contributed by atoms with Crippen LogP contribution in [0.1, 0.15) is 37.4 Å². The predicted molar refractivity (Wildman–Crippen MR) is 74.4 cm³/mol.